The van der Waals surface area contributed by atoms with Crippen molar-refractivity contribution in [3.63, 3.8) is 0 Å². The lowest BCUT2D eigenvalue weighted by molar-refractivity contribution is -0.120. The smallest absolute Gasteiger partial charge is 0.343 e. The van der Waals surface area contributed by atoms with Crippen molar-refractivity contribution in [1.82, 2.24) is 0 Å². The molecule has 0 saturated carbocycles. The van der Waals surface area contributed by atoms with Gasteiger partial charge in [0.2, 0.25) is 0 Å². The third-order valence-corrected chi connectivity index (χ3v) is 5.45. The highest BCUT2D eigenvalue weighted by Crippen LogP contribution is 2.35. The number of hydrogen-bond donors (Lipinski definition) is 1. The van der Waals surface area contributed by atoms with E-state index in [-0.39, 0.29) is 16.3 Å². The van der Waals surface area contributed by atoms with E-state index in [2.05, 4.69) is 5.32 Å². The standard InChI is InChI=1S/C26H21ClN2O6/c1-3-34-19-9-5-4-8-18(19)29-24(30)22(27)23(25(29)31)28-17-14-12-16(13-15-17)26(32)35-21-11-7-6-10-20(21)33-2/h4-15,28H,3H2,1-2H3. The minimum atomic E-state index is -0.664. The molecule has 0 atom stereocenters. The highest BCUT2D eigenvalue weighted by Gasteiger charge is 2.40. The first-order chi connectivity index (χ1) is 16.9. The van der Waals surface area contributed by atoms with Gasteiger partial charge in [-0.25, -0.2) is 9.69 Å². The number of methoxy groups -OCH3 is 1. The number of ether oxygens (including phenoxy) is 3. The summed E-state index contributed by atoms with van der Waals surface area (Å²) in [6, 6.07) is 19.7. The van der Waals surface area contributed by atoms with Gasteiger partial charge in [-0.3, -0.25) is 9.59 Å². The Morgan fingerprint density at radius 2 is 1.51 bits per heavy atom. The van der Waals surface area contributed by atoms with E-state index in [4.69, 9.17) is 25.8 Å². The SMILES string of the molecule is CCOc1ccccc1N1C(=O)C(Cl)=C(Nc2ccc(C(=O)Oc3ccccc3OC)cc2)C1=O. The van der Waals surface area contributed by atoms with E-state index in [0.717, 1.165) is 4.90 Å². The summed E-state index contributed by atoms with van der Waals surface area (Å²) < 4.78 is 16.1. The highest BCUT2D eigenvalue weighted by atomic mass is 35.5. The Labute approximate surface area is 206 Å². The number of rotatable bonds is 8. The molecule has 0 radical (unpaired) electrons. The number of nitrogens with one attached hydrogen (secondary N) is 1. The second kappa shape index (κ2) is 10.3. The molecular formula is C26H21ClN2O6. The van der Waals surface area contributed by atoms with Crippen LogP contribution >= 0.6 is 11.6 Å². The summed E-state index contributed by atoms with van der Waals surface area (Å²) in [6.45, 7) is 2.17. The fourth-order valence-electron chi connectivity index (χ4n) is 3.45. The minimum absolute atomic E-state index is 0.0766. The predicted octanol–water partition coefficient (Wildman–Crippen LogP) is 4.75. The van der Waals surface area contributed by atoms with Gasteiger partial charge in [-0.1, -0.05) is 35.9 Å². The number of hydrogen-bond acceptors (Lipinski definition) is 7. The Kier molecular flexibility index (Phi) is 7.03. The number of benzene rings is 3. The van der Waals surface area contributed by atoms with Crippen LogP contribution < -0.4 is 24.4 Å². The van der Waals surface area contributed by atoms with Crippen LogP contribution in [0.15, 0.2) is 83.5 Å². The summed E-state index contributed by atoms with van der Waals surface area (Å²) >= 11 is 6.23. The minimum Gasteiger partial charge on any atom is -0.493 e. The molecule has 1 aliphatic heterocycles. The maximum atomic E-state index is 13.1. The maximum Gasteiger partial charge on any atom is 0.343 e. The normalized spacial score (nSPS) is 13.2. The van der Waals surface area contributed by atoms with Crippen LogP contribution in [0.1, 0.15) is 17.3 Å². The van der Waals surface area contributed by atoms with E-state index in [1.165, 1.54) is 19.2 Å². The van der Waals surface area contributed by atoms with Crippen molar-refractivity contribution in [2.45, 2.75) is 6.92 Å². The number of carbonyl (C=O) groups is 3. The number of anilines is 2. The molecule has 0 fully saturated rings. The van der Waals surface area contributed by atoms with E-state index in [1.54, 1.807) is 67.6 Å². The molecule has 1 heterocycles. The van der Waals surface area contributed by atoms with Gasteiger partial charge in [0, 0.05) is 5.69 Å². The quantitative estimate of drug-likeness (QED) is 0.275. The molecule has 3 aromatic rings. The van der Waals surface area contributed by atoms with Gasteiger partial charge in [0.25, 0.3) is 11.8 Å². The van der Waals surface area contributed by atoms with Crippen molar-refractivity contribution in [2.24, 2.45) is 0 Å². The molecule has 0 saturated heterocycles. The molecule has 1 N–H and O–H groups in total. The fraction of sp³-hybridized carbons (Fsp3) is 0.115. The number of imide groups is 1. The lowest BCUT2D eigenvalue weighted by atomic mass is 10.2. The van der Waals surface area contributed by atoms with E-state index < -0.39 is 17.8 Å². The number of carbonyl (C=O) groups excluding carboxylic acids is 3. The van der Waals surface area contributed by atoms with Gasteiger partial charge in [-0.2, -0.15) is 0 Å². The maximum absolute atomic E-state index is 13.1. The average Bonchev–Trinajstić information content (AvgIpc) is 3.08. The van der Waals surface area contributed by atoms with Gasteiger partial charge in [-0.05, 0) is 55.5 Å². The molecule has 8 nitrogen and oxygen atoms in total. The third kappa shape index (κ3) is 4.83. The number of amides is 2. The lowest BCUT2D eigenvalue weighted by Gasteiger charge is -2.18. The first-order valence-corrected chi connectivity index (χ1v) is 11.0. The molecular weight excluding hydrogens is 472 g/mol. The number of esters is 1. The summed E-state index contributed by atoms with van der Waals surface area (Å²) in [7, 11) is 1.48. The highest BCUT2D eigenvalue weighted by molar-refractivity contribution is 6.53. The molecule has 0 aliphatic carbocycles. The monoisotopic (exact) mass is 492 g/mol. The first-order valence-electron chi connectivity index (χ1n) is 10.7. The zero-order valence-corrected chi connectivity index (χ0v) is 19.7. The van der Waals surface area contributed by atoms with Crippen molar-refractivity contribution in [1.29, 1.82) is 0 Å². The second-order valence-corrected chi connectivity index (χ2v) is 7.66. The third-order valence-electron chi connectivity index (χ3n) is 5.09. The van der Waals surface area contributed by atoms with Crippen LogP contribution in [0.5, 0.6) is 17.2 Å². The van der Waals surface area contributed by atoms with Crippen LogP contribution in [0.3, 0.4) is 0 Å². The molecule has 3 aromatic carbocycles. The van der Waals surface area contributed by atoms with Crippen molar-refractivity contribution in [3.05, 3.63) is 89.1 Å². The van der Waals surface area contributed by atoms with Crippen molar-refractivity contribution in [2.75, 3.05) is 23.9 Å². The Hall–Kier alpha value is -4.30. The zero-order valence-electron chi connectivity index (χ0n) is 18.9. The zero-order chi connectivity index (χ0) is 24.9. The van der Waals surface area contributed by atoms with Crippen molar-refractivity contribution < 1.29 is 28.6 Å². The topological polar surface area (TPSA) is 94.2 Å². The lowest BCUT2D eigenvalue weighted by Crippen LogP contribution is -2.32. The predicted molar refractivity (Wildman–Crippen MR) is 131 cm³/mol. The van der Waals surface area contributed by atoms with Crippen LogP contribution in [0.25, 0.3) is 0 Å². The van der Waals surface area contributed by atoms with E-state index in [1.807, 2.05) is 0 Å². The van der Waals surface area contributed by atoms with Gasteiger partial charge in [0.15, 0.2) is 11.5 Å². The summed E-state index contributed by atoms with van der Waals surface area (Å²) in [4.78, 5) is 39.4. The summed E-state index contributed by atoms with van der Waals surface area (Å²) in [6.07, 6.45) is 0. The van der Waals surface area contributed by atoms with E-state index >= 15 is 0 Å². The Bertz CT molecular complexity index is 1320. The van der Waals surface area contributed by atoms with Gasteiger partial charge < -0.3 is 19.5 Å². The molecule has 0 spiro atoms. The van der Waals surface area contributed by atoms with Gasteiger partial charge in [0.05, 0.1) is 25.0 Å². The molecule has 0 bridgehead atoms. The molecule has 1 aliphatic rings. The molecule has 2 amide bonds. The molecule has 9 heteroatoms. The van der Waals surface area contributed by atoms with Crippen LogP contribution in [0, 0.1) is 0 Å². The summed E-state index contributed by atoms with van der Waals surface area (Å²) in [5.41, 5.74) is 0.955. The Morgan fingerprint density at radius 1 is 0.886 bits per heavy atom. The van der Waals surface area contributed by atoms with Crippen molar-refractivity contribution >= 4 is 40.8 Å². The van der Waals surface area contributed by atoms with Gasteiger partial charge in [0.1, 0.15) is 16.5 Å². The molecule has 178 valence electrons. The van der Waals surface area contributed by atoms with Crippen molar-refractivity contribution in [3.8, 4) is 17.2 Å². The summed E-state index contributed by atoms with van der Waals surface area (Å²) in [5, 5.41) is 2.63. The van der Waals surface area contributed by atoms with Crippen LogP contribution in [0.4, 0.5) is 11.4 Å². The van der Waals surface area contributed by atoms with E-state index in [9.17, 15) is 14.4 Å². The number of halogens is 1. The van der Waals surface area contributed by atoms with Crippen LogP contribution in [-0.2, 0) is 9.59 Å². The Morgan fingerprint density at radius 3 is 2.17 bits per heavy atom. The number of para-hydroxylation sites is 4. The van der Waals surface area contributed by atoms with Gasteiger partial charge in [-0.15, -0.1) is 0 Å². The fourth-order valence-corrected chi connectivity index (χ4v) is 3.66. The number of nitrogens with zero attached hydrogens (tertiary/aromatic N) is 1. The summed E-state index contributed by atoms with van der Waals surface area (Å²) in [5.74, 6) is -0.748. The Balaban J connectivity index is 1.50. The molecule has 0 aromatic heterocycles. The molecule has 35 heavy (non-hydrogen) atoms. The van der Waals surface area contributed by atoms with Crippen LogP contribution in [-0.4, -0.2) is 31.5 Å². The second-order valence-electron chi connectivity index (χ2n) is 7.28. The average molecular weight is 493 g/mol. The first kappa shape index (κ1) is 23.8. The van der Waals surface area contributed by atoms with Gasteiger partial charge >= 0.3 is 5.97 Å². The molecule has 0 unspecified atom stereocenters. The van der Waals surface area contributed by atoms with E-state index in [0.29, 0.717) is 35.2 Å². The molecule has 4 rings (SSSR count). The van der Waals surface area contributed by atoms with Crippen LogP contribution in [0.2, 0.25) is 0 Å². The largest absolute Gasteiger partial charge is 0.493 e.